The molecule has 1 amide bonds. The number of aromatic nitrogens is 4. The van der Waals surface area contributed by atoms with Crippen molar-refractivity contribution in [1.29, 1.82) is 0 Å². The lowest BCUT2D eigenvalue weighted by Gasteiger charge is -2.34. The Kier molecular flexibility index (Phi) is 7.06. The SMILES string of the molecule is CCCCOc1ccc(C(=O)N2CCN(Cc3nnnn3-c3cccc(F)c3)CC2)cc1. The number of nitrogens with zero attached hydrogens (tertiary/aromatic N) is 6. The third-order valence-electron chi connectivity index (χ3n) is 5.48. The first-order valence-corrected chi connectivity index (χ1v) is 10.9. The zero-order valence-corrected chi connectivity index (χ0v) is 18.2. The molecule has 168 valence electrons. The van der Waals surface area contributed by atoms with Crippen molar-refractivity contribution in [2.24, 2.45) is 0 Å². The molecule has 0 saturated carbocycles. The minimum Gasteiger partial charge on any atom is -0.494 e. The van der Waals surface area contributed by atoms with E-state index in [1.807, 2.05) is 29.2 Å². The van der Waals surface area contributed by atoms with E-state index in [0.717, 1.165) is 18.6 Å². The number of carbonyl (C=O) groups excluding carboxylic acids is 1. The van der Waals surface area contributed by atoms with Crippen LogP contribution in [0.4, 0.5) is 4.39 Å². The van der Waals surface area contributed by atoms with E-state index in [-0.39, 0.29) is 11.7 Å². The van der Waals surface area contributed by atoms with Crippen molar-refractivity contribution in [1.82, 2.24) is 30.0 Å². The summed E-state index contributed by atoms with van der Waals surface area (Å²) in [5.41, 5.74) is 1.25. The zero-order chi connectivity index (χ0) is 22.3. The zero-order valence-electron chi connectivity index (χ0n) is 18.2. The molecule has 1 aromatic heterocycles. The summed E-state index contributed by atoms with van der Waals surface area (Å²) < 4.78 is 20.8. The first-order chi connectivity index (χ1) is 15.6. The van der Waals surface area contributed by atoms with Crippen LogP contribution in [0.3, 0.4) is 0 Å². The maximum atomic E-state index is 13.6. The summed E-state index contributed by atoms with van der Waals surface area (Å²) in [4.78, 5) is 16.9. The van der Waals surface area contributed by atoms with Crippen molar-refractivity contribution in [2.75, 3.05) is 32.8 Å². The van der Waals surface area contributed by atoms with E-state index >= 15 is 0 Å². The first kappa shape index (κ1) is 21.9. The smallest absolute Gasteiger partial charge is 0.253 e. The van der Waals surface area contributed by atoms with Gasteiger partial charge in [-0.15, -0.1) is 5.10 Å². The Hall–Kier alpha value is -3.33. The minimum absolute atomic E-state index is 0.0225. The molecule has 1 saturated heterocycles. The van der Waals surface area contributed by atoms with Crippen LogP contribution >= 0.6 is 0 Å². The van der Waals surface area contributed by atoms with Gasteiger partial charge in [0.05, 0.1) is 18.8 Å². The Morgan fingerprint density at radius 2 is 1.88 bits per heavy atom. The fraction of sp³-hybridized carbons (Fsp3) is 0.391. The van der Waals surface area contributed by atoms with Crippen LogP contribution in [0.5, 0.6) is 5.75 Å². The molecular weight excluding hydrogens is 411 g/mol. The molecule has 0 atom stereocenters. The van der Waals surface area contributed by atoms with E-state index in [1.54, 1.807) is 16.8 Å². The summed E-state index contributed by atoms with van der Waals surface area (Å²) in [6.45, 7) is 5.99. The van der Waals surface area contributed by atoms with Crippen LogP contribution in [-0.2, 0) is 6.54 Å². The van der Waals surface area contributed by atoms with Crippen LogP contribution in [0, 0.1) is 5.82 Å². The first-order valence-electron chi connectivity index (χ1n) is 10.9. The monoisotopic (exact) mass is 438 g/mol. The number of unbranched alkanes of at least 4 members (excludes halogenated alkanes) is 1. The molecule has 0 unspecified atom stereocenters. The topological polar surface area (TPSA) is 76.4 Å². The van der Waals surface area contributed by atoms with Gasteiger partial charge in [-0.2, -0.15) is 4.68 Å². The highest BCUT2D eigenvalue weighted by molar-refractivity contribution is 5.94. The van der Waals surface area contributed by atoms with Crippen molar-refractivity contribution >= 4 is 5.91 Å². The molecule has 1 fully saturated rings. The highest BCUT2D eigenvalue weighted by Gasteiger charge is 2.23. The number of benzene rings is 2. The summed E-state index contributed by atoms with van der Waals surface area (Å²) in [5, 5.41) is 11.8. The number of carbonyl (C=O) groups is 1. The minimum atomic E-state index is -0.336. The summed E-state index contributed by atoms with van der Waals surface area (Å²) >= 11 is 0. The van der Waals surface area contributed by atoms with E-state index < -0.39 is 0 Å². The lowest BCUT2D eigenvalue weighted by molar-refractivity contribution is 0.0624. The normalized spacial score (nSPS) is 14.5. The quantitative estimate of drug-likeness (QED) is 0.504. The maximum absolute atomic E-state index is 13.6. The summed E-state index contributed by atoms with van der Waals surface area (Å²) in [6.07, 6.45) is 2.10. The lowest BCUT2D eigenvalue weighted by atomic mass is 10.1. The number of tetrazole rings is 1. The fourth-order valence-corrected chi connectivity index (χ4v) is 3.63. The Labute approximate surface area is 186 Å². The molecule has 3 aromatic rings. The Morgan fingerprint density at radius 3 is 2.59 bits per heavy atom. The molecule has 32 heavy (non-hydrogen) atoms. The Morgan fingerprint density at radius 1 is 1.09 bits per heavy atom. The van der Waals surface area contributed by atoms with Crippen LogP contribution in [0.15, 0.2) is 48.5 Å². The van der Waals surface area contributed by atoms with Gasteiger partial charge in [0, 0.05) is 31.7 Å². The maximum Gasteiger partial charge on any atom is 0.253 e. The second-order valence-corrected chi connectivity index (χ2v) is 7.78. The summed E-state index contributed by atoms with van der Waals surface area (Å²) in [7, 11) is 0. The van der Waals surface area contributed by atoms with Crippen molar-refractivity contribution < 1.29 is 13.9 Å². The molecule has 0 radical (unpaired) electrons. The van der Waals surface area contributed by atoms with Gasteiger partial charge < -0.3 is 9.64 Å². The van der Waals surface area contributed by atoms with E-state index in [0.29, 0.717) is 56.4 Å². The average molecular weight is 439 g/mol. The number of hydrogen-bond acceptors (Lipinski definition) is 6. The molecule has 0 N–H and O–H groups in total. The number of piperazine rings is 1. The molecule has 9 heteroatoms. The number of hydrogen-bond donors (Lipinski definition) is 0. The number of halogens is 1. The highest BCUT2D eigenvalue weighted by Crippen LogP contribution is 2.17. The van der Waals surface area contributed by atoms with Gasteiger partial charge in [0.25, 0.3) is 5.91 Å². The van der Waals surface area contributed by atoms with Crippen molar-refractivity contribution in [3.05, 3.63) is 65.7 Å². The van der Waals surface area contributed by atoms with Gasteiger partial charge in [0.15, 0.2) is 5.82 Å². The third-order valence-corrected chi connectivity index (χ3v) is 5.48. The third kappa shape index (κ3) is 5.28. The van der Waals surface area contributed by atoms with Crippen LogP contribution in [0.1, 0.15) is 35.9 Å². The second kappa shape index (κ2) is 10.3. The average Bonchev–Trinajstić information content (AvgIpc) is 3.28. The molecule has 0 bridgehead atoms. The predicted octanol–water partition coefficient (Wildman–Crippen LogP) is 2.94. The fourth-order valence-electron chi connectivity index (χ4n) is 3.63. The van der Waals surface area contributed by atoms with E-state index in [2.05, 4.69) is 27.3 Å². The molecule has 1 aliphatic rings. The van der Waals surface area contributed by atoms with Gasteiger partial charge in [-0.1, -0.05) is 19.4 Å². The van der Waals surface area contributed by atoms with Crippen LogP contribution < -0.4 is 4.74 Å². The molecule has 2 heterocycles. The second-order valence-electron chi connectivity index (χ2n) is 7.78. The van der Waals surface area contributed by atoms with Gasteiger partial charge in [0.2, 0.25) is 0 Å². The van der Waals surface area contributed by atoms with Gasteiger partial charge in [-0.25, -0.2) is 4.39 Å². The van der Waals surface area contributed by atoms with Crippen LogP contribution in [0.25, 0.3) is 5.69 Å². The Balaban J connectivity index is 1.31. The lowest BCUT2D eigenvalue weighted by Crippen LogP contribution is -2.48. The van der Waals surface area contributed by atoms with Crippen molar-refractivity contribution in [3.8, 4) is 11.4 Å². The standard InChI is InChI=1S/C23H27FN6O2/c1-2-3-15-32-21-9-7-18(8-10-21)23(31)29-13-11-28(12-14-29)17-22-25-26-27-30(22)20-6-4-5-19(24)16-20/h4-10,16H,2-3,11-15,17H2,1H3. The predicted molar refractivity (Wildman–Crippen MR) is 117 cm³/mol. The summed E-state index contributed by atoms with van der Waals surface area (Å²) in [6, 6.07) is 13.5. The summed E-state index contributed by atoms with van der Waals surface area (Å²) in [5.74, 6) is 1.11. The Bertz CT molecular complexity index is 1030. The molecule has 1 aliphatic heterocycles. The number of amides is 1. The largest absolute Gasteiger partial charge is 0.494 e. The van der Waals surface area contributed by atoms with Gasteiger partial charge >= 0.3 is 0 Å². The molecule has 8 nitrogen and oxygen atoms in total. The van der Waals surface area contributed by atoms with E-state index in [9.17, 15) is 9.18 Å². The molecule has 2 aromatic carbocycles. The number of rotatable bonds is 8. The van der Waals surface area contributed by atoms with E-state index in [1.165, 1.54) is 12.1 Å². The van der Waals surface area contributed by atoms with Gasteiger partial charge in [-0.05, 0) is 59.3 Å². The van der Waals surface area contributed by atoms with Crippen molar-refractivity contribution in [2.45, 2.75) is 26.3 Å². The number of ether oxygens (including phenoxy) is 1. The van der Waals surface area contributed by atoms with E-state index in [4.69, 9.17) is 4.74 Å². The van der Waals surface area contributed by atoms with Crippen LogP contribution in [-0.4, -0.2) is 68.7 Å². The molecular formula is C23H27FN6O2. The van der Waals surface area contributed by atoms with Crippen molar-refractivity contribution in [3.63, 3.8) is 0 Å². The highest BCUT2D eigenvalue weighted by atomic mass is 19.1. The van der Waals surface area contributed by atoms with Gasteiger partial charge in [0.1, 0.15) is 11.6 Å². The molecule has 0 aliphatic carbocycles. The van der Waals surface area contributed by atoms with Crippen LogP contribution in [0.2, 0.25) is 0 Å². The molecule has 0 spiro atoms. The molecule has 4 rings (SSSR count). The van der Waals surface area contributed by atoms with Gasteiger partial charge in [-0.3, -0.25) is 9.69 Å².